The Morgan fingerprint density at radius 1 is 1.46 bits per heavy atom. The summed E-state index contributed by atoms with van der Waals surface area (Å²) < 4.78 is 0.716. The molecule has 0 fully saturated rings. The molecule has 0 unspecified atom stereocenters. The van der Waals surface area contributed by atoms with Crippen LogP contribution in [0.3, 0.4) is 0 Å². The van der Waals surface area contributed by atoms with Crippen LogP contribution in [0.1, 0.15) is 15.9 Å². The summed E-state index contributed by atoms with van der Waals surface area (Å²) in [5, 5.41) is 8.52. The SMILES string of the molecule is O=Cc1cc(Br)cc(CC(=O)O)c1. The lowest BCUT2D eigenvalue weighted by Crippen LogP contribution is -2.00. The number of carbonyl (C=O) groups excluding carboxylic acids is 1. The summed E-state index contributed by atoms with van der Waals surface area (Å²) >= 11 is 3.19. The molecule has 0 saturated heterocycles. The standard InChI is InChI=1S/C9H7BrO3/c10-8-2-6(4-9(12)13)1-7(3-8)5-11/h1-3,5H,4H2,(H,12,13). The molecule has 13 heavy (non-hydrogen) atoms. The minimum atomic E-state index is -0.907. The Bertz CT molecular complexity index is 347. The fraction of sp³-hybridized carbons (Fsp3) is 0.111. The van der Waals surface area contributed by atoms with Crippen LogP contribution in [0.4, 0.5) is 0 Å². The maximum Gasteiger partial charge on any atom is 0.307 e. The molecule has 0 heterocycles. The van der Waals surface area contributed by atoms with E-state index < -0.39 is 5.97 Å². The Kier molecular flexibility index (Phi) is 3.19. The molecular weight excluding hydrogens is 236 g/mol. The van der Waals surface area contributed by atoms with Gasteiger partial charge in [0.25, 0.3) is 0 Å². The van der Waals surface area contributed by atoms with E-state index in [9.17, 15) is 9.59 Å². The summed E-state index contributed by atoms with van der Waals surface area (Å²) in [6.45, 7) is 0. The van der Waals surface area contributed by atoms with Crippen molar-refractivity contribution in [3.8, 4) is 0 Å². The van der Waals surface area contributed by atoms with E-state index in [0.717, 1.165) is 0 Å². The molecule has 4 heteroatoms. The highest BCUT2D eigenvalue weighted by Crippen LogP contribution is 2.15. The normalized spacial score (nSPS) is 9.62. The predicted octanol–water partition coefficient (Wildman–Crippen LogP) is 1.89. The van der Waals surface area contributed by atoms with Crippen molar-refractivity contribution in [1.82, 2.24) is 0 Å². The predicted molar refractivity (Wildman–Crippen MR) is 50.9 cm³/mol. The summed E-state index contributed by atoms with van der Waals surface area (Å²) in [6.07, 6.45) is 0.621. The van der Waals surface area contributed by atoms with E-state index in [1.807, 2.05) is 0 Å². The lowest BCUT2D eigenvalue weighted by atomic mass is 10.1. The average Bonchev–Trinajstić information content (AvgIpc) is 2.01. The van der Waals surface area contributed by atoms with Gasteiger partial charge in [0.05, 0.1) is 6.42 Å². The largest absolute Gasteiger partial charge is 0.481 e. The minimum Gasteiger partial charge on any atom is -0.481 e. The monoisotopic (exact) mass is 242 g/mol. The highest BCUT2D eigenvalue weighted by Gasteiger charge is 2.02. The zero-order chi connectivity index (χ0) is 9.84. The van der Waals surface area contributed by atoms with E-state index in [-0.39, 0.29) is 6.42 Å². The van der Waals surface area contributed by atoms with Crippen molar-refractivity contribution in [1.29, 1.82) is 0 Å². The minimum absolute atomic E-state index is 0.0692. The number of carbonyl (C=O) groups is 2. The number of rotatable bonds is 3. The maximum atomic E-state index is 10.4. The third-order valence-corrected chi connectivity index (χ3v) is 1.93. The van der Waals surface area contributed by atoms with Gasteiger partial charge in [-0.05, 0) is 23.8 Å². The number of carboxylic acids is 1. The van der Waals surface area contributed by atoms with Gasteiger partial charge in [0.2, 0.25) is 0 Å². The van der Waals surface area contributed by atoms with Gasteiger partial charge < -0.3 is 5.11 Å². The quantitative estimate of drug-likeness (QED) is 0.824. The van der Waals surface area contributed by atoms with Crippen LogP contribution in [0.5, 0.6) is 0 Å². The maximum absolute atomic E-state index is 10.4. The number of hydrogen-bond acceptors (Lipinski definition) is 2. The fourth-order valence-corrected chi connectivity index (χ4v) is 1.58. The van der Waals surface area contributed by atoms with E-state index >= 15 is 0 Å². The first-order valence-electron chi connectivity index (χ1n) is 3.58. The molecule has 0 aromatic heterocycles. The summed E-state index contributed by atoms with van der Waals surface area (Å²) in [5.41, 5.74) is 1.09. The third kappa shape index (κ3) is 2.99. The van der Waals surface area contributed by atoms with Crippen molar-refractivity contribution in [2.45, 2.75) is 6.42 Å². The Hall–Kier alpha value is -1.16. The van der Waals surface area contributed by atoms with Crippen LogP contribution in [0.25, 0.3) is 0 Å². The van der Waals surface area contributed by atoms with E-state index in [1.165, 1.54) is 0 Å². The first kappa shape index (κ1) is 9.92. The molecule has 1 aromatic carbocycles. The molecule has 0 aliphatic heterocycles. The number of halogens is 1. The Morgan fingerprint density at radius 3 is 2.69 bits per heavy atom. The van der Waals surface area contributed by atoms with Crippen molar-refractivity contribution < 1.29 is 14.7 Å². The van der Waals surface area contributed by atoms with E-state index in [2.05, 4.69) is 15.9 Å². The van der Waals surface area contributed by atoms with Crippen LogP contribution in [-0.4, -0.2) is 17.4 Å². The van der Waals surface area contributed by atoms with Gasteiger partial charge in [0, 0.05) is 10.0 Å². The van der Waals surface area contributed by atoms with Gasteiger partial charge in [-0.1, -0.05) is 15.9 Å². The Labute approximate surface area is 83.5 Å². The van der Waals surface area contributed by atoms with Gasteiger partial charge in [0.15, 0.2) is 0 Å². The molecule has 0 bridgehead atoms. The van der Waals surface area contributed by atoms with Crippen molar-refractivity contribution in [3.05, 3.63) is 33.8 Å². The summed E-state index contributed by atoms with van der Waals surface area (Å²) in [4.78, 5) is 20.8. The Morgan fingerprint density at radius 2 is 2.15 bits per heavy atom. The topological polar surface area (TPSA) is 54.4 Å². The molecule has 68 valence electrons. The van der Waals surface area contributed by atoms with E-state index in [1.54, 1.807) is 18.2 Å². The molecular formula is C9H7BrO3. The zero-order valence-electron chi connectivity index (χ0n) is 6.66. The van der Waals surface area contributed by atoms with Gasteiger partial charge in [-0.15, -0.1) is 0 Å². The second-order valence-electron chi connectivity index (χ2n) is 2.58. The van der Waals surface area contributed by atoms with Gasteiger partial charge in [0.1, 0.15) is 6.29 Å². The number of carboxylic acid groups (broad SMARTS) is 1. The average molecular weight is 243 g/mol. The number of benzene rings is 1. The first-order valence-corrected chi connectivity index (χ1v) is 4.37. The van der Waals surface area contributed by atoms with Gasteiger partial charge in [-0.25, -0.2) is 0 Å². The molecule has 0 amide bonds. The Balaban J connectivity index is 3.01. The molecule has 3 nitrogen and oxygen atoms in total. The van der Waals surface area contributed by atoms with E-state index in [4.69, 9.17) is 5.11 Å². The van der Waals surface area contributed by atoms with Crippen molar-refractivity contribution in [2.24, 2.45) is 0 Å². The van der Waals surface area contributed by atoms with Crippen molar-refractivity contribution in [2.75, 3.05) is 0 Å². The van der Waals surface area contributed by atoms with Crippen LogP contribution in [0.15, 0.2) is 22.7 Å². The highest BCUT2D eigenvalue weighted by atomic mass is 79.9. The van der Waals surface area contributed by atoms with Crippen LogP contribution in [-0.2, 0) is 11.2 Å². The summed E-state index contributed by atoms with van der Waals surface area (Å²) in [6, 6.07) is 4.88. The van der Waals surface area contributed by atoms with Crippen LogP contribution < -0.4 is 0 Å². The smallest absolute Gasteiger partial charge is 0.307 e. The lowest BCUT2D eigenvalue weighted by Gasteiger charge is -1.99. The molecule has 0 aliphatic rings. The molecule has 0 atom stereocenters. The molecule has 0 radical (unpaired) electrons. The number of aldehydes is 1. The van der Waals surface area contributed by atoms with E-state index in [0.29, 0.717) is 21.9 Å². The molecule has 1 N–H and O–H groups in total. The first-order chi connectivity index (χ1) is 6.11. The third-order valence-electron chi connectivity index (χ3n) is 1.47. The van der Waals surface area contributed by atoms with Crippen LogP contribution >= 0.6 is 15.9 Å². The van der Waals surface area contributed by atoms with Crippen LogP contribution in [0.2, 0.25) is 0 Å². The van der Waals surface area contributed by atoms with Crippen molar-refractivity contribution in [3.63, 3.8) is 0 Å². The zero-order valence-corrected chi connectivity index (χ0v) is 8.24. The van der Waals surface area contributed by atoms with Gasteiger partial charge in [-0.2, -0.15) is 0 Å². The van der Waals surface area contributed by atoms with Crippen molar-refractivity contribution >= 4 is 28.2 Å². The molecule has 0 spiro atoms. The van der Waals surface area contributed by atoms with Gasteiger partial charge in [-0.3, -0.25) is 9.59 Å². The second-order valence-corrected chi connectivity index (χ2v) is 3.50. The highest BCUT2D eigenvalue weighted by molar-refractivity contribution is 9.10. The molecule has 1 rings (SSSR count). The fourth-order valence-electron chi connectivity index (χ4n) is 1.02. The molecule has 0 aliphatic carbocycles. The van der Waals surface area contributed by atoms with Crippen LogP contribution in [0, 0.1) is 0 Å². The summed E-state index contributed by atoms with van der Waals surface area (Å²) in [5.74, 6) is -0.907. The second kappa shape index (κ2) is 4.18. The lowest BCUT2D eigenvalue weighted by molar-refractivity contribution is -0.136. The number of hydrogen-bond donors (Lipinski definition) is 1. The van der Waals surface area contributed by atoms with Gasteiger partial charge >= 0.3 is 5.97 Å². The summed E-state index contributed by atoms with van der Waals surface area (Å²) in [7, 11) is 0. The molecule has 0 saturated carbocycles. The molecule has 1 aromatic rings. The number of aliphatic carboxylic acids is 1.